The van der Waals surface area contributed by atoms with Crippen molar-refractivity contribution in [2.45, 2.75) is 52.1 Å². The second kappa shape index (κ2) is 7.54. The molecule has 4 nitrogen and oxygen atoms in total. The fraction of sp³-hybridized carbons (Fsp3) is 0.923. The van der Waals surface area contributed by atoms with Gasteiger partial charge in [0, 0.05) is 13.1 Å². The Morgan fingerprint density at radius 1 is 1.41 bits per heavy atom. The predicted octanol–water partition coefficient (Wildman–Crippen LogP) is 1.88. The van der Waals surface area contributed by atoms with Crippen LogP contribution in [0.4, 0.5) is 4.79 Å². The summed E-state index contributed by atoms with van der Waals surface area (Å²) in [5.74, 6) is 1.62. The third kappa shape index (κ3) is 6.51. The number of nitrogens with one attached hydrogen (secondary N) is 2. The van der Waals surface area contributed by atoms with Gasteiger partial charge in [0.25, 0.3) is 0 Å². The van der Waals surface area contributed by atoms with Gasteiger partial charge in [0.1, 0.15) is 0 Å². The van der Waals surface area contributed by atoms with E-state index in [1.54, 1.807) is 6.92 Å². The van der Waals surface area contributed by atoms with Gasteiger partial charge in [0.2, 0.25) is 0 Å². The van der Waals surface area contributed by atoms with E-state index in [9.17, 15) is 4.79 Å². The summed E-state index contributed by atoms with van der Waals surface area (Å²) >= 11 is 0. The van der Waals surface area contributed by atoms with Gasteiger partial charge in [-0.25, -0.2) is 4.79 Å². The first-order valence-electron chi connectivity index (χ1n) is 6.77. The molecule has 100 valence electrons. The van der Waals surface area contributed by atoms with Gasteiger partial charge in [-0.3, -0.25) is 0 Å². The molecule has 0 radical (unpaired) electrons. The smallest absolute Gasteiger partial charge is 0.314 e. The molecule has 3 N–H and O–H groups in total. The highest BCUT2D eigenvalue weighted by Crippen LogP contribution is 2.30. The van der Waals surface area contributed by atoms with Crippen LogP contribution in [0, 0.1) is 11.8 Å². The van der Waals surface area contributed by atoms with Crippen molar-refractivity contribution in [3.05, 3.63) is 0 Å². The molecule has 0 unspecified atom stereocenters. The normalized spacial score (nSPS) is 26.3. The standard InChI is InChI=1S/C13H26N2O2/c1-10-4-3-5-12(8-10)6-7-14-13(17)15-9-11(2)16/h10-12,16H,3-9H2,1-2H3,(H2,14,15,17)/t10-,11+,12+/m0/s1. The molecule has 0 aromatic rings. The summed E-state index contributed by atoms with van der Waals surface area (Å²) in [5.41, 5.74) is 0. The van der Waals surface area contributed by atoms with Gasteiger partial charge in [-0.15, -0.1) is 0 Å². The van der Waals surface area contributed by atoms with Gasteiger partial charge >= 0.3 is 6.03 Å². The molecule has 0 aromatic heterocycles. The number of hydrogen-bond acceptors (Lipinski definition) is 2. The van der Waals surface area contributed by atoms with E-state index >= 15 is 0 Å². The zero-order valence-corrected chi connectivity index (χ0v) is 11.0. The number of hydrogen-bond donors (Lipinski definition) is 3. The van der Waals surface area contributed by atoms with E-state index in [-0.39, 0.29) is 6.03 Å². The van der Waals surface area contributed by atoms with E-state index in [1.165, 1.54) is 25.7 Å². The lowest BCUT2D eigenvalue weighted by molar-refractivity contribution is 0.187. The van der Waals surface area contributed by atoms with Crippen LogP contribution >= 0.6 is 0 Å². The van der Waals surface area contributed by atoms with E-state index in [2.05, 4.69) is 17.6 Å². The van der Waals surface area contributed by atoms with Crippen LogP contribution in [0.3, 0.4) is 0 Å². The summed E-state index contributed by atoms with van der Waals surface area (Å²) in [6, 6.07) is -0.172. The highest BCUT2D eigenvalue weighted by molar-refractivity contribution is 5.73. The predicted molar refractivity (Wildman–Crippen MR) is 68.8 cm³/mol. The van der Waals surface area contributed by atoms with Crippen molar-refractivity contribution >= 4 is 6.03 Å². The minimum atomic E-state index is -0.486. The second-order valence-corrected chi connectivity index (χ2v) is 5.41. The minimum absolute atomic E-state index is 0.172. The number of rotatable bonds is 5. The van der Waals surface area contributed by atoms with E-state index in [0.717, 1.165) is 24.8 Å². The maximum absolute atomic E-state index is 11.3. The lowest BCUT2D eigenvalue weighted by Gasteiger charge is -2.26. The Hall–Kier alpha value is -0.770. The zero-order chi connectivity index (χ0) is 12.7. The lowest BCUT2D eigenvalue weighted by atomic mass is 9.81. The van der Waals surface area contributed by atoms with Crippen molar-refractivity contribution in [2.24, 2.45) is 11.8 Å². The summed E-state index contributed by atoms with van der Waals surface area (Å²) < 4.78 is 0. The SMILES string of the molecule is C[C@H]1CCC[C@H](CCNC(=O)NC[C@@H](C)O)C1. The van der Waals surface area contributed by atoms with Crippen LogP contribution in [-0.2, 0) is 0 Å². The Balaban J connectivity index is 2.04. The van der Waals surface area contributed by atoms with Crippen LogP contribution < -0.4 is 10.6 Å². The number of carbonyl (C=O) groups is 1. The van der Waals surface area contributed by atoms with E-state index in [4.69, 9.17) is 5.11 Å². The van der Waals surface area contributed by atoms with Crippen LogP contribution in [0.25, 0.3) is 0 Å². The van der Waals surface area contributed by atoms with Crippen LogP contribution in [-0.4, -0.2) is 30.3 Å². The summed E-state index contributed by atoms with van der Waals surface area (Å²) in [7, 11) is 0. The monoisotopic (exact) mass is 242 g/mol. The molecule has 2 amide bonds. The topological polar surface area (TPSA) is 61.4 Å². The maximum atomic E-state index is 11.3. The van der Waals surface area contributed by atoms with Crippen molar-refractivity contribution < 1.29 is 9.90 Å². The molecule has 1 aliphatic carbocycles. The molecular formula is C13H26N2O2. The molecule has 3 atom stereocenters. The fourth-order valence-corrected chi connectivity index (χ4v) is 2.51. The second-order valence-electron chi connectivity index (χ2n) is 5.41. The first kappa shape index (κ1) is 14.3. The van der Waals surface area contributed by atoms with Gasteiger partial charge < -0.3 is 15.7 Å². The van der Waals surface area contributed by atoms with E-state index in [0.29, 0.717) is 6.54 Å². The van der Waals surface area contributed by atoms with E-state index < -0.39 is 6.10 Å². The Morgan fingerprint density at radius 2 is 2.18 bits per heavy atom. The molecule has 1 aliphatic rings. The van der Waals surface area contributed by atoms with Crippen molar-refractivity contribution in [2.75, 3.05) is 13.1 Å². The number of carbonyl (C=O) groups excluding carboxylic acids is 1. The van der Waals surface area contributed by atoms with Gasteiger partial charge in [0.15, 0.2) is 0 Å². The number of urea groups is 1. The molecule has 1 fully saturated rings. The number of amides is 2. The molecule has 0 saturated heterocycles. The third-order valence-electron chi connectivity index (χ3n) is 3.44. The Morgan fingerprint density at radius 3 is 2.82 bits per heavy atom. The van der Waals surface area contributed by atoms with Gasteiger partial charge in [-0.1, -0.05) is 26.2 Å². The summed E-state index contributed by atoms with van der Waals surface area (Å²) in [6.45, 7) is 5.02. The lowest BCUT2D eigenvalue weighted by Crippen LogP contribution is -2.39. The molecule has 0 spiro atoms. The van der Waals surface area contributed by atoms with Crippen LogP contribution in [0.15, 0.2) is 0 Å². The van der Waals surface area contributed by atoms with Gasteiger partial charge in [-0.05, 0) is 31.6 Å². The Kier molecular flexibility index (Phi) is 6.34. The van der Waals surface area contributed by atoms with Crippen molar-refractivity contribution in [1.29, 1.82) is 0 Å². The summed E-state index contributed by atoms with van der Waals surface area (Å²) in [6.07, 6.45) is 5.89. The van der Waals surface area contributed by atoms with Crippen molar-refractivity contribution in [1.82, 2.24) is 10.6 Å². The number of aliphatic hydroxyl groups excluding tert-OH is 1. The number of aliphatic hydroxyl groups is 1. The molecule has 4 heteroatoms. The summed E-state index contributed by atoms with van der Waals surface area (Å²) in [5, 5.41) is 14.5. The molecule has 17 heavy (non-hydrogen) atoms. The molecular weight excluding hydrogens is 216 g/mol. The third-order valence-corrected chi connectivity index (χ3v) is 3.44. The van der Waals surface area contributed by atoms with Crippen LogP contribution in [0.1, 0.15) is 46.0 Å². The molecule has 0 heterocycles. The largest absolute Gasteiger partial charge is 0.392 e. The summed E-state index contributed by atoms with van der Waals surface area (Å²) in [4.78, 5) is 11.3. The average molecular weight is 242 g/mol. The van der Waals surface area contributed by atoms with Crippen molar-refractivity contribution in [3.8, 4) is 0 Å². The minimum Gasteiger partial charge on any atom is -0.392 e. The van der Waals surface area contributed by atoms with Crippen LogP contribution in [0.2, 0.25) is 0 Å². The Labute approximate surface area is 104 Å². The Bertz CT molecular complexity index is 231. The highest BCUT2D eigenvalue weighted by atomic mass is 16.3. The zero-order valence-electron chi connectivity index (χ0n) is 11.0. The molecule has 1 rings (SSSR count). The molecule has 0 bridgehead atoms. The fourth-order valence-electron chi connectivity index (χ4n) is 2.51. The van der Waals surface area contributed by atoms with Gasteiger partial charge in [0.05, 0.1) is 6.10 Å². The molecule has 0 aromatic carbocycles. The quantitative estimate of drug-likeness (QED) is 0.689. The molecule has 1 saturated carbocycles. The van der Waals surface area contributed by atoms with Crippen molar-refractivity contribution in [3.63, 3.8) is 0 Å². The highest BCUT2D eigenvalue weighted by Gasteiger charge is 2.18. The first-order valence-corrected chi connectivity index (χ1v) is 6.77. The maximum Gasteiger partial charge on any atom is 0.314 e. The molecule has 0 aliphatic heterocycles. The first-order chi connectivity index (χ1) is 8.08. The van der Waals surface area contributed by atoms with Gasteiger partial charge in [-0.2, -0.15) is 0 Å². The average Bonchev–Trinajstić information content (AvgIpc) is 2.26. The van der Waals surface area contributed by atoms with E-state index in [1.807, 2.05) is 0 Å². The van der Waals surface area contributed by atoms with Crippen LogP contribution in [0.5, 0.6) is 0 Å².